The van der Waals surface area contributed by atoms with Crippen LogP contribution in [0.2, 0.25) is 0 Å². The van der Waals surface area contributed by atoms with Gasteiger partial charge in [0.1, 0.15) is 11.8 Å². The third kappa shape index (κ3) is 3.91. The van der Waals surface area contributed by atoms with Gasteiger partial charge in [0.2, 0.25) is 0 Å². The Morgan fingerprint density at radius 1 is 1.57 bits per heavy atom. The number of carbonyl (C=O) groups is 2. The van der Waals surface area contributed by atoms with Crippen LogP contribution in [0.4, 0.5) is 13.2 Å². The van der Waals surface area contributed by atoms with Crippen molar-refractivity contribution in [2.24, 2.45) is 0 Å². The Morgan fingerprint density at radius 2 is 2.14 bits per heavy atom. The summed E-state index contributed by atoms with van der Waals surface area (Å²) in [7, 11) is 1.08. The molecule has 1 amide bonds. The number of amides is 1. The van der Waals surface area contributed by atoms with Gasteiger partial charge in [-0.25, -0.2) is 0 Å². The summed E-state index contributed by atoms with van der Waals surface area (Å²) < 4.78 is 43.5. The van der Waals surface area contributed by atoms with E-state index in [1.807, 2.05) is 0 Å². The van der Waals surface area contributed by atoms with Gasteiger partial charge in [0.25, 0.3) is 5.91 Å². The van der Waals surface area contributed by atoms with Crippen molar-refractivity contribution in [2.45, 2.75) is 31.0 Å². The molecule has 2 atom stereocenters. The molecule has 0 aliphatic carbocycles. The van der Waals surface area contributed by atoms with Gasteiger partial charge in [-0.05, 0) is 18.8 Å². The van der Waals surface area contributed by atoms with Gasteiger partial charge in [0, 0.05) is 5.57 Å². The average molecular weight is 327 g/mol. The highest BCUT2D eigenvalue weighted by molar-refractivity contribution is 8.00. The number of halogens is 3. The number of methoxy groups -OCH3 is 1. The monoisotopic (exact) mass is 327 g/mol. The Kier molecular flexibility index (Phi) is 5.32. The van der Waals surface area contributed by atoms with Crippen molar-refractivity contribution in [1.82, 2.24) is 4.90 Å². The van der Waals surface area contributed by atoms with Gasteiger partial charge >= 0.3 is 12.1 Å². The summed E-state index contributed by atoms with van der Waals surface area (Å²) in [4.78, 5) is 24.0. The van der Waals surface area contributed by atoms with Crippen LogP contribution in [0.3, 0.4) is 0 Å². The second-order valence-electron chi connectivity index (χ2n) is 4.54. The molecular formula is C12H16F3NO4S. The smallest absolute Gasteiger partial charge is 0.404 e. The van der Waals surface area contributed by atoms with Crippen LogP contribution in [0.25, 0.3) is 0 Å². The first kappa shape index (κ1) is 17.8. The SMILES string of the molecule is CCSC(C1=CC(C)(O)N(CC(=O)OC)C1=O)C(F)(F)F. The van der Waals surface area contributed by atoms with Crippen molar-refractivity contribution in [3.63, 3.8) is 0 Å². The zero-order chi connectivity index (χ0) is 16.4. The first-order valence-electron chi connectivity index (χ1n) is 6.06. The van der Waals surface area contributed by atoms with Gasteiger partial charge in [-0.2, -0.15) is 13.2 Å². The van der Waals surface area contributed by atoms with Gasteiger partial charge in [0.15, 0.2) is 5.72 Å². The van der Waals surface area contributed by atoms with Gasteiger partial charge in [-0.1, -0.05) is 6.92 Å². The van der Waals surface area contributed by atoms with Crippen molar-refractivity contribution < 1.29 is 32.6 Å². The van der Waals surface area contributed by atoms with E-state index in [-0.39, 0.29) is 5.75 Å². The molecule has 1 rings (SSSR count). The Morgan fingerprint density at radius 3 is 2.57 bits per heavy atom. The molecule has 0 saturated heterocycles. The molecule has 0 saturated carbocycles. The lowest BCUT2D eigenvalue weighted by atomic mass is 10.1. The van der Waals surface area contributed by atoms with E-state index in [1.54, 1.807) is 0 Å². The number of alkyl halides is 3. The molecule has 0 bridgehead atoms. The summed E-state index contributed by atoms with van der Waals surface area (Å²) in [6, 6.07) is 0. The predicted octanol–water partition coefficient (Wildman–Crippen LogP) is 1.32. The number of esters is 1. The highest BCUT2D eigenvalue weighted by atomic mass is 32.2. The summed E-state index contributed by atoms with van der Waals surface area (Å²) in [6.45, 7) is 2.06. The van der Waals surface area contributed by atoms with E-state index in [9.17, 15) is 27.9 Å². The van der Waals surface area contributed by atoms with Crippen LogP contribution in [-0.2, 0) is 14.3 Å². The molecule has 1 N–H and O–H groups in total. The number of ether oxygens (including phenoxy) is 1. The topological polar surface area (TPSA) is 66.8 Å². The quantitative estimate of drug-likeness (QED) is 0.772. The normalized spacial score (nSPS) is 24.0. The predicted molar refractivity (Wildman–Crippen MR) is 70.4 cm³/mol. The van der Waals surface area contributed by atoms with Gasteiger partial charge in [-0.15, -0.1) is 11.8 Å². The molecule has 9 heteroatoms. The Labute approximate surface area is 124 Å². The lowest BCUT2D eigenvalue weighted by Gasteiger charge is -2.28. The van der Waals surface area contributed by atoms with E-state index < -0.39 is 41.1 Å². The highest BCUT2D eigenvalue weighted by Crippen LogP contribution is 2.40. The number of aliphatic hydroxyl groups is 1. The summed E-state index contributed by atoms with van der Waals surface area (Å²) in [5.41, 5.74) is -2.53. The third-order valence-electron chi connectivity index (χ3n) is 2.90. The molecule has 0 spiro atoms. The molecule has 0 fully saturated rings. The van der Waals surface area contributed by atoms with Crippen molar-refractivity contribution in [3.8, 4) is 0 Å². The number of rotatable bonds is 5. The molecule has 0 aromatic rings. The number of hydrogen-bond donors (Lipinski definition) is 1. The van der Waals surface area contributed by atoms with E-state index in [1.165, 1.54) is 6.92 Å². The lowest BCUT2D eigenvalue weighted by molar-refractivity contribution is -0.156. The Hall–Kier alpha value is -1.22. The number of thioether (sulfide) groups is 1. The molecule has 2 unspecified atom stereocenters. The van der Waals surface area contributed by atoms with Crippen LogP contribution in [0.1, 0.15) is 13.8 Å². The molecule has 0 aromatic carbocycles. The fourth-order valence-corrected chi connectivity index (χ4v) is 2.81. The van der Waals surface area contributed by atoms with Gasteiger partial charge in [0.05, 0.1) is 7.11 Å². The van der Waals surface area contributed by atoms with Crippen molar-refractivity contribution in [1.29, 1.82) is 0 Å². The maximum atomic E-state index is 13.0. The fraction of sp³-hybridized carbons (Fsp3) is 0.667. The summed E-state index contributed by atoms with van der Waals surface area (Å²) >= 11 is 0.544. The number of carbonyl (C=O) groups excluding carboxylic acids is 2. The molecule has 0 radical (unpaired) electrons. The zero-order valence-electron chi connectivity index (χ0n) is 11.7. The second-order valence-corrected chi connectivity index (χ2v) is 5.92. The molecule has 21 heavy (non-hydrogen) atoms. The molecule has 0 aromatic heterocycles. The van der Waals surface area contributed by atoms with Crippen LogP contribution < -0.4 is 0 Å². The van der Waals surface area contributed by atoms with Crippen LogP contribution in [0, 0.1) is 0 Å². The minimum absolute atomic E-state index is 0.147. The van der Waals surface area contributed by atoms with Gasteiger partial charge in [-0.3, -0.25) is 14.5 Å². The molecule has 1 aliphatic heterocycles. The maximum Gasteiger partial charge on any atom is 0.404 e. The average Bonchev–Trinajstić information content (AvgIpc) is 2.57. The first-order chi connectivity index (χ1) is 9.54. The molecule has 1 aliphatic rings. The van der Waals surface area contributed by atoms with E-state index >= 15 is 0 Å². The van der Waals surface area contributed by atoms with E-state index in [0.717, 1.165) is 20.1 Å². The van der Waals surface area contributed by atoms with Crippen molar-refractivity contribution in [2.75, 3.05) is 19.4 Å². The molecular weight excluding hydrogens is 311 g/mol. The van der Waals surface area contributed by atoms with Crippen LogP contribution >= 0.6 is 11.8 Å². The fourth-order valence-electron chi connectivity index (χ4n) is 1.94. The zero-order valence-corrected chi connectivity index (χ0v) is 12.5. The molecule has 120 valence electrons. The van der Waals surface area contributed by atoms with Gasteiger partial charge < -0.3 is 9.84 Å². The highest BCUT2D eigenvalue weighted by Gasteiger charge is 2.51. The first-order valence-corrected chi connectivity index (χ1v) is 7.11. The maximum absolute atomic E-state index is 13.0. The van der Waals surface area contributed by atoms with Crippen LogP contribution in [0.15, 0.2) is 11.6 Å². The molecule has 5 nitrogen and oxygen atoms in total. The van der Waals surface area contributed by atoms with Crippen molar-refractivity contribution >= 4 is 23.6 Å². The van der Waals surface area contributed by atoms with E-state index in [4.69, 9.17) is 0 Å². The van der Waals surface area contributed by atoms with E-state index in [0.29, 0.717) is 16.7 Å². The summed E-state index contributed by atoms with van der Waals surface area (Å²) in [5, 5.41) is 8.03. The summed E-state index contributed by atoms with van der Waals surface area (Å²) in [5.74, 6) is -1.70. The van der Waals surface area contributed by atoms with E-state index in [2.05, 4.69) is 4.74 Å². The number of hydrogen-bond acceptors (Lipinski definition) is 5. The van der Waals surface area contributed by atoms with Crippen LogP contribution in [0.5, 0.6) is 0 Å². The largest absolute Gasteiger partial charge is 0.468 e. The van der Waals surface area contributed by atoms with Crippen LogP contribution in [-0.4, -0.2) is 58.4 Å². The Bertz CT molecular complexity index is 462. The minimum Gasteiger partial charge on any atom is -0.468 e. The second kappa shape index (κ2) is 6.27. The number of nitrogens with zero attached hydrogens (tertiary/aromatic N) is 1. The standard InChI is InChI=1S/C12H16F3NO4S/c1-4-21-9(12(13,14)15)7-5-11(2,19)16(10(7)18)6-8(17)20-3/h5,9,19H,4,6H2,1-3H3. The molecule has 1 heterocycles. The third-order valence-corrected chi connectivity index (χ3v) is 4.08. The lowest BCUT2D eigenvalue weighted by Crippen LogP contribution is -2.47. The Balaban J connectivity index is 3.09. The van der Waals surface area contributed by atoms with Crippen molar-refractivity contribution in [3.05, 3.63) is 11.6 Å². The summed E-state index contributed by atoms with van der Waals surface area (Å²) in [6.07, 6.45) is -3.78. The minimum atomic E-state index is -4.63.